The molecular formula is C21H23F2N3O. The first kappa shape index (κ1) is 17.8. The second-order valence-corrected chi connectivity index (χ2v) is 7.21. The lowest BCUT2D eigenvalue weighted by molar-refractivity contribution is 0.111. The maximum Gasteiger partial charge on any atom is 0.318 e. The number of urea groups is 1. The van der Waals surface area contributed by atoms with Gasteiger partial charge in [0.2, 0.25) is 0 Å². The third kappa shape index (κ3) is 3.75. The van der Waals surface area contributed by atoms with Gasteiger partial charge in [0.1, 0.15) is 11.6 Å². The van der Waals surface area contributed by atoms with Gasteiger partial charge in [-0.25, -0.2) is 13.6 Å². The third-order valence-corrected chi connectivity index (χ3v) is 5.55. The monoisotopic (exact) mass is 371 g/mol. The number of nitrogens with zero attached hydrogens (tertiary/aromatic N) is 2. The van der Waals surface area contributed by atoms with Gasteiger partial charge in [0.15, 0.2) is 0 Å². The number of carbonyl (C=O) groups excluding carboxylic acids is 1. The van der Waals surface area contributed by atoms with Gasteiger partial charge in [-0.15, -0.1) is 0 Å². The molecule has 2 aromatic rings. The summed E-state index contributed by atoms with van der Waals surface area (Å²) in [6, 6.07) is 13.2. The molecule has 0 aliphatic carbocycles. The lowest BCUT2D eigenvalue weighted by atomic mass is 9.95. The minimum atomic E-state index is -0.268. The second-order valence-electron chi connectivity index (χ2n) is 7.21. The molecule has 0 unspecified atom stereocenters. The van der Waals surface area contributed by atoms with Crippen molar-refractivity contribution in [2.75, 3.05) is 24.5 Å². The normalized spacial score (nSPS) is 20.3. The molecule has 2 fully saturated rings. The van der Waals surface area contributed by atoms with E-state index in [-0.39, 0.29) is 29.7 Å². The highest BCUT2D eigenvalue weighted by Crippen LogP contribution is 2.33. The number of hydrogen-bond acceptors (Lipinski definition) is 2. The van der Waals surface area contributed by atoms with Crippen molar-refractivity contribution >= 4 is 11.7 Å². The second kappa shape index (κ2) is 7.55. The Bertz CT molecular complexity index is 803. The van der Waals surface area contributed by atoms with Crippen molar-refractivity contribution in [3.05, 3.63) is 65.7 Å². The highest BCUT2D eigenvalue weighted by atomic mass is 19.1. The largest absolute Gasteiger partial charge is 0.369 e. The zero-order valence-corrected chi connectivity index (χ0v) is 15.1. The number of halogens is 2. The Morgan fingerprint density at radius 1 is 0.926 bits per heavy atom. The number of carbonyl (C=O) groups is 1. The summed E-state index contributed by atoms with van der Waals surface area (Å²) in [6.07, 6.45) is 2.47. The first-order valence-electron chi connectivity index (χ1n) is 9.44. The number of anilines is 1. The van der Waals surface area contributed by atoms with Crippen molar-refractivity contribution in [3.8, 4) is 0 Å². The van der Waals surface area contributed by atoms with Crippen LogP contribution in [-0.4, -0.2) is 36.6 Å². The van der Waals surface area contributed by atoms with E-state index in [1.807, 2.05) is 11.0 Å². The number of para-hydroxylation sites is 1. The topological polar surface area (TPSA) is 35.6 Å². The number of benzene rings is 2. The molecule has 0 spiro atoms. The van der Waals surface area contributed by atoms with Gasteiger partial charge in [0.25, 0.3) is 0 Å². The lowest BCUT2D eigenvalue weighted by Crippen LogP contribution is -2.54. The van der Waals surface area contributed by atoms with Crippen LogP contribution in [0.5, 0.6) is 0 Å². The van der Waals surface area contributed by atoms with Crippen molar-refractivity contribution < 1.29 is 13.6 Å². The first-order valence-corrected chi connectivity index (χ1v) is 9.44. The van der Waals surface area contributed by atoms with Gasteiger partial charge >= 0.3 is 6.03 Å². The number of likely N-dealkylation sites (tertiary alicyclic amines) is 1. The maximum absolute atomic E-state index is 13.9. The van der Waals surface area contributed by atoms with Gasteiger partial charge < -0.3 is 15.1 Å². The van der Waals surface area contributed by atoms with Crippen LogP contribution in [0.1, 0.15) is 30.9 Å². The van der Waals surface area contributed by atoms with E-state index >= 15 is 0 Å². The van der Waals surface area contributed by atoms with E-state index in [1.165, 1.54) is 18.2 Å². The van der Waals surface area contributed by atoms with E-state index in [4.69, 9.17) is 0 Å². The maximum atomic E-state index is 13.9. The average Bonchev–Trinajstić information content (AvgIpc) is 2.64. The van der Waals surface area contributed by atoms with E-state index in [0.717, 1.165) is 24.8 Å². The Kier molecular flexibility index (Phi) is 4.97. The summed E-state index contributed by atoms with van der Waals surface area (Å²) in [5.74, 6) is -0.474. The predicted molar refractivity (Wildman–Crippen MR) is 101 cm³/mol. The number of rotatable bonds is 3. The van der Waals surface area contributed by atoms with E-state index in [1.54, 1.807) is 29.2 Å². The number of hydrogen-bond donors (Lipinski definition) is 1. The Morgan fingerprint density at radius 2 is 1.63 bits per heavy atom. The highest BCUT2D eigenvalue weighted by molar-refractivity contribution is 5.76. The van der Waals surface area contributed by atoms with Crippen LogP contribution in [0.3, 0.4) is 0 Å². The van der Waals surface area contributed by atoms with Crippen LogP contribution in [0.4, 0.5) is 19.3 Å². The lowest BCUT2D eigenvalue weighted by Gasteiger charge is -2.42. The SMILES string of the molecule is O=C(NC1CCN(c2ccccc2F)CC1)N1CC[C@@H]1c1ccc(F)cc1. The average molecular weight is 371 g/mol. The Hall–Kier alpha value is -2.63. The molecule has 2 heterocycles. The fourth-order valence-corrected chi connectivity index (χ4v) is 3.89. The van der Waals surface area contributed by atoms with E-state index < -0.39 is 0 Å². The van der Waals surface area contributed by atoms with Crippen molar-refractivity contribution in [2.45, 2.75) is 31.3 Å². The molecule has 6 heteroatoms. The number of nitrogens with one attached hydrogen (secondary N) is 1. The molecule has 2 aliphatic heterocycles. The molecule has 2 saturated heterocycles. The molecule has 4 rings (SSSR count). The molecule has 1 atom stereocenters. The molecule has 4 nitrogen and oxygen atoms in total. The van der Waals surface area contributed by atoms with Gasteiger partial charge in [-0.05, 0) is 49.1 Å². The van der Waals surface area contributed by atoms with E-state index in [9.17, 15) is 13.6 Å². The van der Waals surface area contributed by atoms with E-state index in [2.05, 4.69) is 5.32 Å². The van der Waals surface area contributed by atoms with Crippen molar-refractivity contribution in [1.29, 1.82) is 0 Å². The summed E-state index contributed by atoms with van der Waals surface area (Å²) in [5.41, 5.74) is 1.59. The Labute approximate surface area is 157 Å². The van der Waals surface area contributed by atoms with Crippen LogP contribution in [-0.2, 0) is 0 Å². The molecule has 142 valence electrons. The minimum absolute atomic E-state index is 0.0177. The van der Waals surface area contributed by atoms with Gasteiger partial charge in [-0.2, -0.15) is 0 Å². The molecule has 0 saturated carbocycles. The van der Waals surface area contributed by atoms with Gasteiger partial charge in [-0.3, -0.25) is 0 Å². The molecule has 2 aliphatic rings. The first-order chi connectivity index (χ1) is 13.1. The summed E-state index contributed by atoms with van der Waals surface area (Å²) in [4.78, 5) is 16.4. The van der Waals surface area contributed by atoms with Crippen LogP contribution in [0, 0.1) is 11.6 Å². The Morgan fingerprint density at radius 3 is 2.26 bits per heavy atom. The Balaban J connectivity index is 1.31. The van der Waals surface area contributed by atoms with E-state index in [0.29, 0.717) is 25.3 Å². The zero-order chi connectivity index (χ0) is 18.8. The molecule has 2 amide bonds. The summed E-state index contributed by atoms with van der Waals surface area (Å²) in [7, 11) is 0. The number of piperidine rings is 1. The molecule has 0 radical (unpaired) electrons. The van der Waals surface area contributed by atoms with Crippen LogP contribution in [0.2, 0.25) is 0 Å². The molecule has 0 bridgehead atoms. The predicted octanol–water partition coefficient (Wildman–Crippen LogP) is 4.09. The summed E-state index contributed by atoms with van der Waals surface area (Å²) < 4.78 is 27.0. The van der Waals surface area contributed by atoms with Crippen LogP contribution >= 0.6 is 0 Å². The van der Waals surface area contributed by atoms with Crippen LogP contribution < -0.4 is 10.2 Å². The van der Waals surface area contributed by atoms with Gasteiger partial charge in [0.05, 0.1) is 11.7 Å². The molecule has 0 aromatic heterocycles. The smallest absolute Gasteiger partial charge is 0.318 e. The van der Waals surface area contributed by atoms with Crippen LogP contribution in [0.15, 0.2) is 48.5 Å². The van der Waals surface area contributed by atoms with Gasteiger partial charge in [-0.1, -0.05) is 24.3 Å². The highest BCUT2D eigenvalue weighted by Gasteiger charge is 2.34. The molecule has 1 N–H and O–H groups in total. The minimum Gasteiger partial charge on any atom is -0.369 e. The summed E-state index contributed by atoms with van der Waals surface area (Å²) >= 11 is 0. The molecule has 2 aromatic carbocycles. The van der Waals surface area contributed by atoms with Crippen LogP contribution in [0.25, 0.3) is 0 Å². The van der Waals surface area contributed by atoms with Crippen molar-refractivity contribution in [2.24, 2.45) is 0 Å². The van der Waals surface area contributed by atoms with Gasteiger partial charge in [0, 0.05) is 25.7 Å². The summed E-state index contributed by atoms with van der Waals surface area (Å²) in [5, 5.41) is 3.11. The van der Waals surface area contributed by atoms with Crippen molar-refractivity contribution in [3.63, 3.8) is 0 Å². The standard InChI is InChI=1S/C21H23F2N3O/c22-16-7-5-15(6-8-16)19-11-14-26(19)21(27)24-17-9-12-25(13-10-17)20-4-2-1-3-18(20)23/h1-8,17,19H,9-14H2,(H,24,27)/t19-/m1/s1. The zero-order valence-electron chi connectivity index (χ0n) is 15.1. The fraction of sp³-hybridized carbons (Fsp3) is 0.381. The quantitative estimate of drug-likeness (QED) is 0.882. The molecule has 27 heavy (non-hydrogen) atoms. The summed E-state index contributed by atoms with van der Waals surface area (Å²) in [6.45, 7) is 2.14. The fourth-order valence-electron chi connectivity index (χ4n) is 3.89. The van der Waals surface area contributed by atoms with Crippen molar-refractivity contribution in [1.82, 2.24) is 10.2 Å². The third-order valence-electron chi connectivity index (χ3n) is 5.55. The number of amides is 2. The molecular weight excluding hydrogens is 348 g/mol.